The molecule has 1 aromatic carbocycles. The van der Waals surface area contributed by atoms with Gasteiger partial charge in [-0.1, -0.05) is 29.8 Å². The standard InChI is InChI=1S/C14H20N2O/c1-11(2)8-10-16-14(17)13-6-4-3-5-12(13)7-9-15/h3-6,8H,7,9-10,15H2,1-2H3,(H,16,17). The van der Waals surface area contributed by atoms with Crippen LogP contribution in [-0.4, -0.2) is 19.0 Å². The fraction of sp³-hybridized carbons (Fsp3) is 0.357. The Labute approximate surface area is 103 Å². The van der Waals surface area contributed by atoms with E-state index < -0.39 is 0 Å². The number of hydrogen-bond acceptors (Lipinski definition) is 2. The van der Waals surface area contributed by atoms with Gasteiger partial charge in [0.1, 0.15) is 0 Å². The minimum Gasteiger partial charge on any atom is -0.349 e. The molecule has 3 nitrogen and oxygen atoms in total. The number of amides is 1. The van der Waals surface area contributed by atoms with Crippen LogP contribution in [0.3, 0.4) is 0 Å². The Morgan fingerprint density at radius 1 is 1.35 bits per heavy atom. The molecule has 0 atom stereocenters. The summed E-state index contributed by atoms with van der Waals surface area (Å²) in [5.41, 5.74) is 8.45. The van der Waals surface area contributed by atoms with Gasteiger partial charge in [0.15, 0.2) is 0 Å². The van der Waals surface area contributed by atoms with Crippen molar-refractivity contribution in [1.29, 1.82) is 0 Å². The molecule has 0 saturated carbocycles. The van der Waals surface area contributed by atoms with Crippen LogP contribution < -0.4 is 11.1 Å². The maximum Gasteiger partial charge on any atom is 0.251 e. The molecule has 1 amide bonds. The Balaban J connectivity index is 2.71. The lowest BCUT2D eigenvalue weighted by molar-refractivity contribution is 0.0957. The molecule has 0 aliphatic carbocycles. The van der Waals surface area contributed by atoms with E-state index in [1.807, 2.05) is 44.2 Å². The van der Waals surface area contributed by atoms with Gasteiger partial charge in [-0.05, 0) is 38.4 Å². The van der Waals surface area contributed by atoms with E-state index in [2.05, 4.69) is 5.32 Å². The van der Waals surface area contributed by atoms with Crippen molar-refractivity contribution in [2.45, 2.75) is 20.3 Å². The fourth-order valence-electron chi connectivity index (χ4n) is 1.56. The summed E-state index contributed by atoms with van der Waals surface area (Å²) in [4.78, 5) is 11.9. The first-order chi connectivity index (χ1) is 8.15. The number of nitrogens with two attached hydrogens (primary N) is 1. The number of allylic oxidation sites excluding steroid dienone is 1. The summed E-state index contributed by atoms with van der Waals surface area (Å²) in [5, 5.41) is 2.87. The van der Waals surface area contributed by atoms with Crippen molar-refractivity contribution in [3.63, 3.8) is 0 Å². The van der Waals surface area contributed by atoms with E-state index >= 15 is 0 Å². The molecule has 0 heterocycles. The van der Waals surface area contributed by atoms with E-state index in [1.165, 1.54) is 5.57 Å². The monoisotopic (exact) mass is 232 g/mol. The van der Waals surface area contributed by atoms with Crippen molar-refractivity contribution in [3.8, 4) is 0 Å². The third-order valence-corrected chi connectivity index (χ3v) is 2.45. The van der Waals surface area contributed by atoms with Crippen LogP contribution in [-0.2, 0) is 6.42 Å². The van der Waals surface area contributed by atoms with Crippen molar-refractivity contribution in [2.75, 3.05) is 13.1 Å². The van der Waals surface area contributed by atoms with Crippen LogP contribution >= 0.6 is 0 Å². The van der Waals surface area contributed by atoms with Crippen LogP contribution in [0.4, 0.5) is 0 Å². The zero-order valence-corrected chi connectivity index (χ0v) is 10.5. The van der Waals surface area contributed by atoms with Gasteiger partial charge in [-0.2, -0.15) is 0 Å². The van der Waals surface area contributed by atoms with E-state index in [0.29, 0.717) is 13.1 Å². The quantitative estimate of drug-likeness (QED) is 0.762. The molecule has 3 N–H and O–H groups in total. The molecule has 0 aliphatic rings. The Morgan fingerprint density at radius 3 is 2.71 bits per heavy atom. The highest BCUT2D eigenvalue weighted by atomic mass is 16.1. The molecule has 17 heavy (non-hydrogen) atoms. The number of hydrogen-bond donors (Lipinski definition) is 2. The second kappa shape index (κ2) is 6.86. The van der Waals surface area contributed by atoms with Gasteiger partial charge in [0.2, 0.25) is 0 Å². The Hall–Kier alpha value is -1.61. The maximum atomic E-state index is 11.9. The summed E-state index contributed by atoms with van der Waals surface area (Å²) in [6.07, 6.45) is 2.72. The van der Waals surface area contributed by atoms with Crippen LogP contribution in [0, 0.1) is 0 Å². The fourth-order valence-corrected chi connectivity index (χ4v) is 1.56. The lowest BCUT2D eigenvalue weighted by atomic mass is 10.0. The highest BCUT2D eigenvalue weighted by Gasteiger charge is 2.08. The van der Waals surface area contributed by atoms with Gasteiger partial charge in [-0.3, -0.25) is 4.79 Å². The Morgan fingerprint density at radius 2 is 2.06 bits per heavy atom. The summed E-state index contributed by atoms with van der Waals surface area (Å²) in [6, 6.07) is 7.58. The molecule has 1 rings (SSSR count). The Bertz CT molecular complexity index is 406. The average molecular weight is 232 g/mol. The van der Waals surface area contributed by atoms with Gasteiger partial charge in [0.05, 0.1) is 0 Å². The number of nitrogens with one attached hydrogen (secondary N) is 1. The molecule has 0 bridgehead atoms. The van der Waals surface area contributed by atoms with Gasteiger partial charge in [-0.15, -0.1) is 0 Å². The van der Waals surface area contributed by atoms with Gasteiger partial charge >= 0.3 is 0 Å². The normalized spacial score (nSPS) is 9.82. The van der Waals surface area contributed by atoms with Gasteiger partial charge in [0, 0.05) is 12.1 Å². The number of carbonyl (C=O) groups is 1. The summed E-state index contributed by atoms with van der Waals surface area (Å²) < 4.78 is 0. The summed E-state index contributed by atoms with van der Waals surface area (Å²) in [5.74, 6) is -0.0356. The van der Waals surface area contributed by atoms with Crippen molar-refractivity contribution in [1.82, 2.24) is 5.32 Å². The lowest BCUT2D eigenvalue weighted by Gasteiger charge is -2.08. The maximum absolute atomic E-state index is 11.9. The third-order valence-electron chi connectivity index (χ3n) is 2.45. The van der Waals surface area contributed by atoms with E-state index in [9.17, 15) is 4.79 Å². The average Bonchev–Trinajstić information content (AvgIpc) is 2.29. The minimum atomic E-state index is -0.0356. The zero-order valence-electron chi connectivity index (χ0n) is 10.5. The molecular weight excluding hydrogens is 212 g/mol. The van der Waals surface area contributed by atoms with Gasteiger partial charge < -0.3 is 11.1 Å². The molecule has 0 radical (unpaired) electrons. The highest BCUT2D eigenvalue weighted by Crippen LogP contribution is 2.08. The SMILES string of the molecule is CC(C)=CCNC(=O)c1ccccc1CCN. The van der Waals surface area contributed by atoms with Crippen molar-refractivity contribution < 1.29 is 4.79 Å². The first-order valence-electron chi connectivity index (χ1n) is 5.84. The summed E-state index contributed by atoms with van der Waals surface area (Å²) >= 11 is 0. The molecular formula is C14H20N2O. The van der Waals surface area contributed by atoms with Crippen LogP contribution in [0.1, 0.15) is 29.8 Å². The van der Waals surface area contributed by atoms with E-state index in [1.54, 1.807) is 0 Å². The molecule has 0 unspecified atom stereocenters. The van der Waals surface area contributed by atoms with Gasteiger partial charge in [-0.25, -0.2) is 0 Å². The second-order valence-electron chi connectivity index (χ2n) is 4.19. The number of rotatable bonds is 5. The molecule has 0 spiro atoms. The van der Waals surface area contributed by atoms with E-state index in [-0.39, 0.29) is 5.91 Å². The third kappa shape index (κ3) is 4.41. The van der Waals surface area contributed by atoms with Crippen molar-refractivity contribution >= 4 is 5.91 Å². The highest BCUT2D eigenvalue weighted by molar-refractivity contribution is 5.95. The summed E-state index contributed by atoms with van der Waals surface area (Å²) in [6.45, 7) is 5.14. The lowest BCUT2D eigenvalue weighted by Crippen LogP contribution is -2.25. The molecule has 0 aromatic heterocycles. The number of carbonyl (C=O) groups excluding carboxylic acids is 1. The molecule has 0 fully saturated rings. The Kier molecular flexibility index (Phi) is 5.43. The second-order valence-corrected chi connectivity index (χ2v) is 4.19. The minimum absolute atomic E-state index is 0.0356. The van der Waals surface area contributed by atoms with Crippen LogP contribution in [0.2, 0.25) is 0 Å². The predicted molar refractivity (Wildman–Crippen MR) is 71.0 cm³/mol. The molecule has 92 valence electrons. The van der Waals surface area contributed by atoms with Crippen molar-refractivity contribution in [3.05, 3.63) is 47.0 Å². The zero-order chi connectivity index (χ0) is 12.7. The largest absolute Gasteiger partial charge is 0.349 e. The predicted octanol–water partition coefficient (Wildman–Crippen LogP) is 1.88. The molecule has 1 aromatic rings. The first-order valence-corrected chi connectivity index (χ1v) is 5.84. The molecule has 0 saturated heterocycles. The molecule has 0 aliphatic heterocycles. The smallest absolute Gasteiger partial charge is 0.251 e. The first kappa shape index (κ1) is 13.5. The van der Waals surface area contributed by atoms with Crippen molar-refractivity contribution in [2.24, 2.45) is 5.73 Å². The van der Waals surface area contributed by atoms with Gasteiger partial charge in [0.25, 0.3) is 5.91 Å². The van der Waals surface area contributed by atoms with Crippen LogP contribution in [0.15, 0.2) is 35.9 Å². The molecule has 3 heteroatoms. The summed E-state index contributed by atoms with van der Waals surface area (Å²) in [7, 11) is 0. The van der Waals surface area contributed by atoms with Crippen LogP contribution in [0.25, 0.3) is 0 Å². The number of benzene rings is 1. The van der Waals surface area contributed by atoms with E-state index in [0.717, 1.165) is 17.5 Å². The topological polar surface area (TPSA) is 55.1 Å². The van der Waals surface area contributed by atoms with Crippen LogP contribution in [0.5, 0.6) is 0 Å². The van der Waals surface area contributed by atoms with E-state index in [4.69, 9.17) is 5.73 Å².